The maximum absolute atomic E-state index is 11.7. The summed E-state index contributed by atoms with van der Waals surface area (Å²) >= 11 is 0. The summed E-state index contributed by atoms with van der Waals surface area (Å²) in [6, 6.07) is 12.0. The number of aromatic hydroxyl groups is 1. The Hall–Kier alpha value is -2.75. The SMILES string of the molecule is COc1ccc2oc(=O)cc(-c3ccc(C)c(O)c3)c2c1. The number of rotatable bonds is 2. The number of ether oxygens (including phenoxy) is 1. The Morgan fingerprint density at radius 3 is 2.62 bits per heavy atom. The third kappa shape index (κ3) is 2.36. The predicted molar refractivity (Wildman–Crippen MR) is 80.9 cm³/mol. The van der Waals surface area contributed by atoms with E-state index in [-0.39, 0.29) is 5.75 Å². The monoisotopic (exact) mass is 282 g/mol. The van der Waals surface area contributed by atoms with Gasteiger partial charge in [0.05, 0.1) is 7.11 Å². The smallest absolute Gasteiger partial charge is 0.336 e. The quantitative estimate of drug-likeness (QED) is 0.731. The first-order valence-corrected chi connectivity index (χ1v) is 6.50. The Balaban J connectivity index is 2.34. The molecule has 2 aromatic carbocycles. The van der Waals surface area contributed by atoms with Gasteiger partial charge in [0.25, 0.3) is 0 Å². The van der Waals surface area contributed by atoms with Gasteiger partial charge >= 0.3 is 5.63 Å². The summed E-state index contributed by atoms with van der Waals surface area (Å²) in [6.45, 7) is 1.82. The van der Waals surface area contributed by atoms with Gasteiger partial charge in [0.1, 0.15) is 17.1 Å². The summed E-state index contributed by atoms with van der Waals surface area (Å²) in [5.74, 6) is 0.866. The molecule has 4 nitrogen and oxygen atoms in total. The van der Waals surface area contributed by atoms with Crippen molar-refractivity contribution >= 4 is 11.0 Å². The lowest BCUT2D eigenvalue weighted by atomic mass is 10.0. The number of aryl methyl sites for hydroxylation is 1. The molecule has 0 spiro atoms. The largest absolute Gasteiger partial charge is 0.508 e. The molecule has 0 unspecified atom stereocenters. The third-order valence-electron chi connectivity index (χ3n) is 3.47. The van der Waals surface area contributed by atoms with Gasteiger partial charge in [-0.1, -0.05) is 12.1 Å². The van der Waals surface area contributed by atoms with Gasteiger partial charge in [0.15, 0.2) is 0 Å². The molecule has 1 heterocycles. The van der Waals surface area contributed by atoms with Crippen molar-refractivity contribution in [3.05, 3.63) is 58.4 Å². The van der Waals surface area contributed by atoms with Crippen molar-refractivity contribution in [2.45, 2.75) is 6.92 Å². The molecule has 1 N–H and O–H groups in total. The highest BCUT2D eigenvalue weighted by Gasteiger charge is 2.10. The first-order valence-electron chi connectivity index (χ1n) is 6.50. The first kappa shape index (κ1) is 13.2. The van der Waals surface area contributed by atoms with Gasteiger partial charge in [-0.25, -0.2) is 4.79 Å². The van der Waals surface area contributed by atoms with Crippen molar-refractivity contribution in [2.75, 3.05) is 7.11 Å². The molecular weight excluding hydrogens is 268 g/mol. The van der Waals surface area contributed by atoms with E-state index >= 15 is 0 Å². The highest BCUT2D eigenvalue weighted by molar-refractivity contribution is 5.94. The van der Waals surface area contributed by atoms with Crippen molar-refractivity contribution in [3.8, 4) is 22.6 Å². The van der Waals surface area contributed by atoms with E-state index in [1.54, 1.807) is 25.3 Å². The second kappa shape index (κ2) is 4.98. The van der Waals surface area contributed by atoms with E-state index in [1.807, 2.05) is 25.1 Å². The van der Waals surface area contributed by atoms with E-state index in [0.29, 0.717) is 16.9 Å². The Kier molecular flexibility index (Phi) is 3.14. The normalized spacial score (nSPS) is 10.8. The van der Waals surface area contributed by atoms with E-state index in [1.165, 1.54) is 6.07 Å². The molecule has 0 saturated carbocycles. The molecule has 1 aromatic heterocycles. The summed E-state index contributed by atoms with van der Waals surface area (Å²) in [5, 5.41) is 10.6. The first-order chi connectivity index (χ1) is 10.1. The molecule has 0 radical (unpaired) electrons. The van der Waals surface area contributed by atoms with Crippen LogP contribution in [0.1, 0.15) is 5.56 Å². The molecule has 0 amide bonds. The zero-order valence-corrected chi connectivity index (χ0v) is 11.7. The molecule has 0 saturated heterocycles. The lowest BCUT2D eigenvalue weighted by Gasteiger charge is -2.08. The van der Waals surface area contributed by atoms with Gasteiger partial charge < -0.3 is 14.3 Å². The van der Waals surface area contributed by atoms with Crippen LogP contribution in [0.5, 0.6) is 11.5 Å². The minimum absolute atomic E-state index is 0.191. The molecule has 0 fully saturated rings. The molecular formula is C17H14O4. The van der Waals surface area contributed by atoms with E-state index in [4.69, 9.17) is 9.15 Å². The van der Waals surface area contributed by atoms with Crippen LogP contribution in [-0.2, 0) is 0 Å². The standard InChI is InChI=1S/C17H14O4/c1-10-3-4-11(7-15(10)18)13-9-17(19)21-16-6-5-12(20-2)8-14(13)16/h3-9,18H,1-2H3. The van der Waals surface area contributed by atoms with E-state index < -0.39 is 5.63 Å². The Morgan fingerprint density at radius 1 is 1.10 bits per heavy atom. The molecule has 0 aliphatic heterocycles. The summed E-state index contributed by atoms with van der Waals surface area (Å²) in [5.41, 5.74) is 2.30. The Labute approximate surface area is 121 Å². The van der Waals surface area contributed by atoms with Crippen LogP contribution in [-0.4, -0.2) is 12.2 Å². The lowest BCUT2D eigenvalue weighted by Crippen LogP contribution is -1.98. The third-order valence-corrected chi connectivity index (χ3v) is 3.47. The summed E-state index contributed by atoms with van der Waals surface area (Å²) in [7, 11) is 1.58. The average Bonchev–Trinajstić information content (AvgIpc) is 2.48. The second-order valence-electron chi connectivity index (χ2n) is 4.84. The molecule has 0 bridgehead atoms. The van der Waals surface area contributed by atoms with Crippen LogP contribution in [0.15, 0.2) is 51.7 Å². The van der Waals surface area contributed by atoms with Crippen LogP contribution in [0, 0.1) is 6.92 Å². The number of hydrogen-bond donors (Lipinski definition) is 1. The zero-order chi connectivity index (χ0) is 15.0. The molecule has 3 aromatic rings. The van der Waals surface area contributed by atoms with E-state index in [2.05, 4.69) is 0 Å². The van der Waals surface area contributed by atoms with Crippen LogP contribution in [0.4, 0.5) is 0 Å². The highest BCUT2D eigenvalue weighted by Crippen LogP contribution is 2.32. The van der Waals surface area contributed by atoms with E-state index in [9.17, 15) is 9.90 Å². The molecule has 21 heavy (non-hydrogen) atoms. The number of fused-ring (bicyclic) bond motifs is 1. The Bertz CT molecular complexity index is 878. The molecule has 0 atom stereocenters. The number of phenolic OH excluding ortho intramolecular Hbond substituents is 1. The van der Waals surface area contributed by atoms with Crippen molar-refractivity contribution < 1.29 is 14.3 Å². The van der Waals surface area contributed by atoms with Crippen LogP contribution in [0.25, 0.3) is 22.1 Å². The van der Waals surface area contributed by atoms with Crippen molar-refractivity contribution in [3.63, 3.8) is 0 Å². The van der Waals surface area contributed by atoms with Crippen LogP contribution in [0.3, 0.4) is 0 Å². The van der Waals surface area contributed by atoms with Gasteiger partial charge in [-0.3, -0.25) is 0 Å². The fourth-order valence-electron chi connectivity index (χ4n) is 2.28. The van der Waals surface area contributed by atoms with E-state index in [0.717, 1.165) is 16.5 Å². The van der Waals surface area contributed by atoms with Gasteiger partial charge in [0.2, 0.25) is 0 Å². The number of hydrogen-bond acceptors (Lipinski definition) is 4. The average molecular weight is 282 g/mol. The topological polar surface area (TPSA) is 59.7 Å². The summed E-state index contributed by atoms with van der Waals surface area (Å²) in [4.78, 5) is 11.7. The van der Waals surface area contributed by atoms with Crippen molar-refractivity contribution in [2.24, 2.45) is 0 Å². The van der Waals surface area contributed by atoms with Gasteiger partial charge in [0, 0.05) is 17.0 Å². The Morgan fingerprint density at radius 2 is 1.90 bits per heavy atom. The molecule has 0 aliphatic rings. The molecule has 3 rings (SSSR count). The molecule has 4 heteroatoms. The van der Waals surface area contributed by atoms with Gasteiger partial charge in [-0.15, -0.1) is 0 Å². The highest BCUT2D eigenvalue weighted by atomic mass is 16.5. The number of phenols is 1. The summed E-state index contributed by atoms with van der Waals surface area (Å²) < 4.78 is 10.4. The summed E-state index contributed by atoms with van der Waals surface area (Å²) in [6.07, 6.45) is 0. The minimum atomic E-state index is -0.428. The predicted octanol–water partition coefficient (Wildman–Crippen LogP) is 3.48. The van der Waals surface area contributed by atoms with Crippen LogP contribution >= 0.6 is 0 Å². The second-order valence-corrected chi connectivity index (χ2v) is 4.84. The minimum Gasteiger partial charge on any atom is -0.508 e. The zero-order valence-electron chi connectivity index (χ0n) is 11.7. The van der Waals surface area contributed by atoms with Crippen LogP contribution in [0.2, 0.25) is 0 Å². The fourth-order valence-corrected chi connectivity index (χ4v) is 2.28. The maximum atomic E-state index is 11.7. The van der Waals surface area contributed by atoms with Crippen LogP contribution < -0.4 is 10.4 Å². The van der Waals surface area contributed by atoms with Crippen molar-refractivity contribution in [1.29, 1.82) is 0 Å². The number of benzene rings is 2. The molecule has 106 valence electrons. The maximum Gasteiger partial charge on any atom is 0.336 e. The van der Waals surface area contributed by atoms with Gasteiger partial charge in [-0.05, 0) is 42.3 Å². The van der Waals surface area contributed by atoms with Gasteiger partial charge in [-0.2, -0.15) is 0 Å². The fraction of sp³-hybridized carbons (Fsp3) is 0.118. The number of methoxy groups -OCH3 is 1. The lowest BCUT2D eigenvalue weighted by molar-refractivity contribution is 0.415. The molecule has 0 aliphatic carbocycles. The van der Waals surface area contributed by atoms with Crippen molar-refractivity contribution in [1.82, 2.24) is 0 Å².